The average molecular weight is 390 g/mol. The summed E-state index contributed by atoms with van der Waals surface area (Å²) >= 11 is 0. The highest BCUT2D eigenvalue weighted by molar-refractivity contribution is 5.40. The predicted octanol–water partition coefficient (Wildman–Crippen LogP) is 6.05. The van der Waals surface area contributed by atoms with Gasteiger partial charge in [0, 0.05) is 12.6 Å². The molecule has 2 heteroatoms. The molecule has 2 aromatic carbocycles. The molecule has 3 aliphatic carbocycles. The number of methoxy groups -OCH3 is 1. The van der Waals surface area contributed by atoms with Crippen molar-refractivity contribution in [1.29, 1.82) is 0 Å². The summed E-state index contributed by atoms with van der Waals surface area (Å²) in [5.41, 5.74) is 5.08. The Morgan fingerprint density at radius 2 is 1.86 bits per heavy atom. The summed E-state index contributed by atoms with van der Waals surface area (Å²) in [5, 5.41) is 0. The molecule has 0 aliphatic heterocycles. The van der Waals surface area contributed by atoms with Crippen LogP contribution in [0, 0.1) is 17.3 Å². The third-order valence-corrected chi connectivity index (χ3v) is 8.69. The average Bonchev–Trinajstić information content (AvgIpc) is 3.11. The summed E-state index contributed by atoms with van der Waals surface area (Å²) in [5.74, 6) is 3.52. The van der Waals surface area contributed by atoms with Gasteiger partial charge >= 0.3 is 0 Å². The highest BCUT2D eigenvalue weighted by atomic mass is 16.5. The maximum Gasteiger partial charge on any atom is 0.119 e. The van der Waals surface area contributed by atoms with Gasteiger partial charge in [-0.15, -0.1) is 0 Å². The number of fused-ring (bicyclic) bond motifs is 5. The lowest BCUT2D eigenvalue weighted by Crippen LogP contribution is -2.49. The van der Waals surface area contributed by atoms with Crippen molar-refractivity contribution < 1.29 is 4.74 Å². The van der Waals surface area contributed by atoms with E-state index in [-0.39, 0.29) is 0 Å². The Morgan fingerprint density at radius 3 is 2.66 bits per heavy atom. The number of rotatable bonds is 4. The number of aryl methyl sites for hydroxylation is 1. The van der Waals surface area contributed by atoms with Gasteiger partial charge in [-0.05, 0) is 97.6 Å². The van der Waals surface area contributed by atoms with E-state index < -0.39 is 0 Å². The van der Waals surface area contributed by atoms with Crippen molar-refractivity contribution in [1.82, 2.24) is 4.90 Å². The second kappa shape index (κ2) is 7.47. The van der Waals surface area contributed by atoms with Gasteiger partial charge in [0.25, 0.3) is 0 Å². The van der Waals surface area contributed by atoms with Gasteiger partial charge in [0.1, 0.15) is 5.75 Å². The molecule has 0 heterocycles. The Balaban J connectivity index is 1.36. The molecule has 0 amide bonds. The first-order chi connectivity index (χ1) is 14.1. The Bertz CT molecular complexity index is 862. The van der Waals surface area contributed by atoms with Crippen molar-refractivity contribution >= 4 is 0 Å². The van der Waals surface area contributed by atoms with Gasteiger partial charge in [0.2, 0.25) is 0 Å². The van der Waals surface area contributed by atoms with E-state index in [1.165, 1.54) is 44.1 Å². The maximum atomic E-state index is 5.49. The lowest BCUT2D eigenvalue weighted by Gasteiger charge is -2.52. The lowest BCUT2D eigenvalue weighted by atomic mass is 9.55. The summed E-state index contributed by atoms with van der Waals surface area (Å²) in [6.45, 7) is 3.70. The van der Waals surface area contributed by atoms with Crippen LogP contribution in [0.25, 0.3) is 0 Å². The van der Waals surface area contributed by atoms with E-state index >= 15 is 0 Å². The summed E-state index contributed by atoms with van der Waals surface area (Å²) in [6.07, 6.45) is 8.09. The Kier molecular flexibility index (Phi) is 4.94. The molecule has 0 spiro atoms. The topological polar surface area (TPSA) is 12.5 Å². The van der Waals surface area contributed by atoms with Crippen molar-refractivity contribution in [2.45, 2.75) is 64.0 Å². The fourth-order valence-electron chi connectivity index (χ4n) is 7.36. The van der Waals surface area contributed by atoms with E-state index in [0.717, 1.165) is 30.0 Å². The van der Waals surface area contributed by atoms with Gasteiger partial charge in [0.15, 0.2) is 0 Å². The minimum atomic E-state index is 0.467. The molecule has 2 aromatic rings. The first-order valence-electron chi connectivity index (χ1n) is 11.5. The van der Waals surface area contributed by atoms with Crippen molar-refractivity contribution in [3.05, 3.63) is 65.2 Å². The van der Waals surface area contributed by atoms with Crippen molar-refractivity contribution in [3.8, 4) is 5.75 Å². The standard InChI is InChI=1S/C27H35NO/c1-27-16-15-23-22-12-10-21(29-3)17-20(22)9-11-24(23)25(27)13-14-26(27)28(2)18-19-7-5-4-6-8-19/h4-8,10,12,17,23-26H,9,11,13-16,18H2,1-3H3/t23-,24-,25+,26+,27+/m1/s1. The number of hydrogen-bond donors (Lipinski definition) is 0. The molecule has 2 nitrogen and oxygen atoms in total. The van der Waals surface area contributed by atoms with Crippen LogP contribution >= 0.6 is 0 Å². The van der Waals surface area contributed by atoms with Crippen molar-refractivity contribution in [2.24, 2.45) is 17.3 Å². The van der Waals surface area contributed by atoms with Gasteiger partial charge in [-0.1, -0.05) is 43.3 Å². The van der Waals surface area contributed by atoms with E-state index in [1.54, 1.807) is 18.2 Å². The fourth-order valence-corrected chi connectivity index (χ4v) is 7.36. The SMILES string of the molecule is COc1ccc2c(c1)CC[C@@H]1[C@@H]2CC[C@]2(C)[C@@H](N(C)Cc3ccccc3)CC[C@@H]12. The smallest absolute Gasteiger partial charge is 0.119 e. The Hall–Kier alpha value is -1.80. The summed E-state index contributed by atoms with van der Waals surface area (Å²) in [4.78, 5) is 2.66. The van der Waals surface area contributed by atoms with Crippen LogP contribution in [0.15, 0.2) is 48.5 Å². The molecule has 29 heavy (non-hydrogen) atoms. The van der Waals surface area contributed by atoms with Crippen LogP contribution in [0.1, 0.15) is 61.6 Å². The number of ether oxygens (including phenoxy) is 1. The van der Waals surface area contributed by atoms with Gasteiger partial charge in [-0.2, -0.15) is 0 Å². The van der Waals surface area contributed by atoms with E-state index in [0.29, 0.717) is 11.5 Å². The maximum absolute atomic E-state index is 5.49. The van der Waals surface area contributed by atoms with Gasteiger partial charge < -0.3 is 4.74 Å². The molecule has 154 valence electrons. The third-order valence-electron chi connectivity index (χ3n) is 8.69. The van der Waals surface area contributed by atoms with Crippen LogP contribution < -0.4 is 4.74 Å². The quantitative estimate of drug-likeness (QED) is 0.631. The van der Waals surface area contributed by atoms with Crippen LogP contribution in [0.3, 0.4) is 0 Å². The molecule has 0 unspecified atom stereocenters. The summed E-state index contributed by atoms with van der Waals surface area (Å²) in [6, 6.07) is 18.6. The Morgan fingerprint density at radius 1 is 1.03 bits per heavy atom. The van der Waals surface area contributed by atoms with Gasteiger partial charge in [-0.25, -0.2) is 0 Å². The zero-order valence-electron chi connectivity index (χ0n) is 18.2. The van der Waals surface area contributed by atoms with E-state index in [4.69, 9.17) is 4.74 Å². The number of hydrogen-bond acceptors (Lipinski definition) is 2. The fraction of sp³-hybridized carbons (Fsp3) is 0.556. The van der Waals surface area contributed by atoms with Crippen molar-refractivity contribution in [2.75, 3.05) is 14.2 Å². The molecule has 5 atom stereocenters. The molecule has 5 rings (SSSR count). The molecule has 0 radical (unpaired) electrons. The molecule has 0 aromatic heterocycles. The lowest BCUT2D eigenvalue weighted by molar-refractivity contribution is 0.00531. The van der Waals surface area contributed by atoms with E-state index in [1.807, 2.05) is 0 Å². The monoisotopic (exact) mass is 389 g/mol. The summed E-state index contributed by atoms with van der Waals surface area (Å²) < 4.78 is 5.49. The summed E-state index contributed by atoms with van der Waals surface area (Å²) in [7, 11) is 4.14. The third kappa shape index (κ3) is 3.20. The molecule has 0 bridgehead atoms. The van der Waals surface area contributed by atoms with Crippen LogP contribution in [-0.2, 0) is 13.0 Å². The first-order valence-corrected chi connectivity index (χ1v) is 11.5. The highest BCUT2D eigenvalue weighted by Crippen LogP contribution is 2.61. The minimum Gasteiger partial charge on any atom is -0.497 e. The highest BCUT2D eigenvalue weighted by Gasteiger charge is 2.55. The zero-order valence-corrected chi connectivity index (χ0v) is 18.2. The predicted molar refractivity (Wildman–Crippen MR) is 119 cm³/mol. The van der Waals surface area contributed by atoms with Crippen molar-refractivity contribution in [3.63, 3.8) is 0 Å². The molecular weight excluding hydrogens is 354 g/mol. The van der Waals surface area contributed by atoms with Gasteiger partial charge in [0.05, 0.1) is 7.11 Å². The molecule has 2 saturated carbocycles. The minimum absolute atomic E-state index is 0.467. The normalized spacial score (nSPS) is 33.1. The Labute approximate surface area is 176 Å². The second-order valence-electron chi connectivity index (χ2n) is 10.0. The second-order valence-corrected chi connectivity index (χ2v) is 10.0. The molecule has 0 N–H and O–H groups in total. The molecule has 2 fully saturated rings. The van der Waals surface area contributed by atoms with Crippen LogP contribution in [0.5, 0.6) is 5.75 Å². The largest absolute Gasteiger partial charge is 0.497 e. The van der Waals surface area contributed by atoms with Crippen LogP contribution in [0.4, 0.5) is 0 Å². The van der Waals surface area contributed by atoms with E-state index in [2.05, 4.69) is 67.4 Å². The zero-order chi connectivity index (χ0) is 20.0. The van der Waals surface area contributed by atoms with Crippen LogP contribution in [-0.4, -0.2) is 25.1 Å². The van der Waals surface area contributed by atoms with Gasteiger partial charge in [-0.3, -0.25) is 4.90 Å². The van der Waals surface area contributed by atoms with Crippen LogP contribution in [0.2, 0.25) is 0 Å². The molecule has 0 saturated heterocycles. The molecular formula is C27H35NO. The number of nitrogens with zero attached hydrogens (tertiary/aromatic N) is 1. The van der Waals surface area contributed by atoms with E-state index in [9.17, 15) is 0 Å². The molecule has 3 aliphatic rings. The first kappa shape index (κ1) is 19.2. The number of benzene rings is 2.